The number of benzene rings is 1. The fourth-order valence-corrected chi connectivity index (χ4v) is 2.94. The largest absolute Gasteiger partial charge is 0.371 e. The van der Waals surface area contributed by atoms with E-state index in [1.165, 1.54) is 11.3 Å². The van der Waals surface area contributed by atoms with Crippen molar-refractivity contribution >= 4 is 28.7 Å². The van der Waals surface area contributed by atoms with Crippen LogP contribution in [0.5, 0.6) is 0 Å². The molecule has 0 aliphatic carbocycles. The fourth-order valence-electron chi connectivity index (χ4n) is 2.72. The van der Waals surface area contributed by atoms with Crippen molar-refractivity contribution in [2.24, 2.45) is 0 Å². The van der Waals surface area contributed by atoms with Crippen LogP contribution in [0.3, 0.4) is 0 Å². The van der Waals surface area contributed by atoms with Gasteiger partial charge in [-0.1, -0.05) is 18.2 Å². The third-order valence-electron chi connectivity index (χ3n) is 3.79. The summed E-state index contributed by atoms with van der Waals surface area (Å²) >= 11 is 5.28. The van der Waals surface area contributed by atoms with Gasteiger partial charge in [-0.3, -0.25) is 4.98 Å². The topological polar surface area (TPSA) is 40.2 Å². The Morgan fingerprint density at radius 3 is 3.00 bits per heavy atom. The van der Waals surface area contributed by atoms with Crippen LogP contribution in [-0.2, 0) is 6.42 Å². The lowest BCUT2D eigenvalue weighted by Crippen LogP contribution is -2.32. The SMILES string of the molecule is S=C(NCCCN1CCc2ccccc21)Nc1cccnc1. The minimum absolute atomic E-state index is 0.648. The van der Waals surface area contributed by atoms with Gasteiger partial charge in [0.15, 0.2) is 5.11 Å². The van der Waals surface area contributed by atoms with Crippen LogP contribution in [0.15, 0.2) is 48.8 Å². The van der Waals surface area contributed by atoms with Crippen LogP contribution < -0.4 is 15.5 Å². The molecule has 0 fully saturated rings. The van der Waals surface area contributed by atoms with Crippen molar-refractivity contribution < 1.29 is 0 Å². The van der Waals surface area contributed by atoms with Gasteiger partial charge in [0.25, 0.3) is 0 Å². The van der Waals surface area contributed by atoms with Gasteiger partial charge in [0.1, 0.15) is 0 Å². The van der Waals surface area contributed by atoms with Gasteiger partial charge in [0.05, 0.1) is 11.9 Å². The zero-order chi connectivity index (χ0) is 15.2. The molecule has 1 aliphatic heterocycles. The molecule has 3 rings (SSSR count). The molecule has 0 unspecified atom stereocenters. The maximum Gasteiger partial charge on any atom is 0.170 e. The number of hydrogen-bond donors (Lipinski definition) is 2. The fraction of sp³-hybridized carbons (Fsp3) is 0.294. The van der Waals surface area contributed by atoms with Crippen LogP contribution in [0.25, 0.3) is 0 Å². The van der Waals surface area contributed by atoms with E-state index in [2.05, 4.69) is 44.8 Å². The Balaban J connectivity index is 1.39. The van der Waals surface area contributed by atoms with E-state index >= 15 is 0 Å². The van der Waals surface area contributed by atoms with E-state index in [1.807, 2.05) is 12.1 Å². The zero-order valence-corrected chi connectivity index (χ0v) is 13.3. The molecule has 0 saturated carbocycles. The van der Waals surface area contributed by atoms with E-state index in [-0.39, 0.29) is 0 Å². The highest BCUT2D eigenvalue weighted by atomic mass is 32.1. The van der Waals surface area contributed by atoms with E-state index in [1.54, 1.807) is 12.4 Å². The van der Waals surface area contributed by atoms with Crippen LogP contribution in [0.4, 0.5) is 11.4 Å². The number of thiocarbonyl (C=S) groups is 1. The van der Waals surface area contributed by atoms with Crippen molar-refractivity contribution in [1.82, 2.24) is 10.3 Å². The number of pyridine rings is 1. The predicted octanol–water partition coefficient (Wildman–Crippen LogP) is 2.82. The summed E-state index contributed by atoms with van der Waals surface area (Å²) in [5, 5.41) is 7.02. The third kappa shape index (κ3) is 3.74. The number of aromatic nitrogens is 1. The van der Waals surface area contributed by atoms with Crippen molar-refractivity contribution in [3.8, 4) is 0 Å². The first-order chi connectivity index (χ1) is 10.8. The molecular formula is C17H20N4S. The van der Waals surface area contributed by atoms with Gasteiger partial charge in [-0.2, -0.15) is 0 Å². The second-order valence-electron chi connectivity index (χ2n) is 5.34. The number of anilines is 2. The van der Waals surface area contributed by atoms with Crippen molar-refractivity contribution in [2.75, 3.05) is 29.9 Å². The van der Waals surface area contributed by atoms with Gasteiger partial charge >= 0.3 is 0 Å². The molecule has 22 heavy (non-hydrogen) atoms. The van der Waals surface area contributed by atoms with Gasteiger partial charge in [0.2, 0.25) is 0 Å². The highest BCUT2D eigenvalue weighted by molar-refractivity contribution is 7.80. The van der Waals surface area contributed by atoms with Crippen LogP contribution in [0.2, 0.25) is 0 Å². The molecule has 0 amide bonds. The lowest BCUT2D eigenvalue weighted by Gasteiger charge is -2.19. The van der Waals surface area contributed by atoms with Gasteiger partial charge in [-0.15, -0.1) is 0 Å². The molecule has 0 saturated heterocycles. The Kier molecular flexibility index (Phi) is 4.85. The standard InChI is InChI=1S/C17H20N4S/c22-17(20-15-6-3-9-18-13-15)19-10-4-11-21-12-8-14-5-1-2-7-16(14)21/h1-3,5-7,9,13H,4,8,10-12H2,(H2,19,20,22). The molecule has 1 aliphatic rings. The Hall–Kier alpha value is -2.14. The summed E-state index contributed by atoms with van der Waals surface area (Å²) in [5.74, 6) is 0. The normalized spacial score (nSPS) is 12.8. The number of hydrogen-bond acceptors (Lipinski definition) is 3. The van der Waals surface area contributed by atoms with E-state index in [0.29, 0.717) is 5.11 Å². The van der Waals surface area contributed by atoms with Gasteiger partial charge in [-0.05, 0) is 48.8 Å². The number of fused-ring (bicyclic) bond motifs is 1. The Labute approximate surface area is 136 Å². The number of para-hydroxylation sites is 1. The Morgan fingerprint density at radius 1 is 1.23 bits per heavy atom. The summed E-state index contributed by atoms with van der Waals surface area (Å²) in [7, 11) is 0. The lowest BCUT2D eigenvalue weighted by molar-refractivity contribution is 0.730. The third-order valence-corrected chi connectivity index (χ3v) is 4.04. The highest BCUT2D eigenvalue weighted by Crippen LogP contribution is 2.27. The molecule has 0 bridgehead atoms. The number of nitrogens with zero attached hydrogens (tertiary/aromatic N) is 2. The summed E-state index contributed by atoms with van der Waals surface area (Å²) < 4.78 is 0. The minimum atomic E-state index is 0.648. The quantitative estimate of drug-likeness (QED) is 0.656. The average Bonchev–Trinajstić information content (AvgIpc) is 2.96. The maximum atomic E-state index is 5.28. The second-order valence-corrected chi connectivity index (χ2v) is 5.75. The molecule has 4 nitrogen and oxygen atoms in total. The van der Waals surface area contributed by atoms with Gasteiger partial charge < -0.3 is 15.5 Å². The highest BCUT2D eigenvalue weighted by Gasteiger charge is 2.17. The lowest BCUT2D eigenvalue weighted by atomic mass is 10.2. The molecule has 1 aromatic heterocycles. The first-order valence-corrected chi connectivity index (χ1v) is 8.01. The summed E-state index contributed by atoms with van der Waals surface area (Å²) in [6.45, 7) is 3.04. The van der Waals surface area contributed by atoms with Crippen molar-refractivity contribution in [2.45, 2.75) is 12.8 Å². The second kappa shape index (κ2) is 7.22. The van der Waals surface area contributed by atoms with Gasteiger partial charge in [0, 0.05) is 31.5 Å². The minimum Gasteiger partial charge on any atom is -0.371 e. The molecule has 5 heteroatoms. The molecule has 2 heterocycles. The summed E-state index contributed by atoms with van der Waals surface area (Å²) in [6, 6.07) is 12.5. The smallest absolute Gasteiger partial charge is 0.170 e. The summed E-state index contributed by atoms with van der Waals surface area (Å²) in [4.78, 5) is 6.50. The molecule has 0 spiro atoms. The first kappa shape index (κ1) is 14.8. The molecule has 0 radical (unpaired) electrons. The van der Waals surface area contributed by atoms with E-state index in [4.69, 9.17) is 12.2 Å². The van der Waals surface area contributed by atoms with Crippen molar-refractivity contribution in [3.63, 3.8) is 0 Å². The van der Waals surface area contributed by atoms with Crippen molar-refractivity contribution in [1.29, 1.82) is 0 Å². The molecule has 0 atom stereocenters. The number of nitrogens with one attached hydrogen (secondary N) is 2. The number of rotatable bonds is 5. The van der Waals surface area contributed by atoms with E-state index in [0.717, 1.165) is 38.2 Å². The predicted molar refractivity (Wildman–Crippen MR) is 95.4 cm³/mol. The van der Waals surface area contributed by atoms with E-state index < -0.39 is 0 Å². The monoisotopic (exact) mass is 312 g/mol. The van der Waals surface area contributed by atoms with E-state index in [9.17, 15) is 0 Å². The van der Waals surface area contributed by atoms with Crippen LogP contribution in [0.1, 0.15) is 12.0 Å². The molecule has 114 valence electrons. The zero-order valence-electron chi connectivity index (χ0n) is 12.5. The van der Waals surface area contributed by atoms with Gasteiger partial charge in [-0.25, -0.2) is 0 Å². The maximum absolute atomic E-state index is 5.28. The molecular weight excluding hydrogens is 292 g/mol. The first-order valence-electron chi connectivity index (χ1n) is 7.61. The van der Waals surface area contributed by atoms with Crippen LogP contribution in [0, 0.1) is 0 Å². The molecule has 2 aromatic rings. The van der Waals surface area contributed by atoms with Crippen molar-refractivity contribution in [3.05, 3.63) is 54.4 Å². The Bertz CT molecular complexity index is 630. The molecule has 1 aromatic carbocycles. The average molecular weight is 312 g/mol. The molecule has 2 N–H and O–H groups in total. The summed E-state index contributed by atoms with van der Waals surface area (Å²) in [5.41, 5.74) is 3.76. The Morgan fingerprint density at radius 2 is 2.14 bits per heavy atom. The van der Waals surface area contributed by atoms with Crippen LogP contribution >= 0.6 is 12.2 Å². The summed E-state index contributed by atoms with van der Waals surface area (Å²) in [6.07, 6.45) is 5.72. The van der Waals surface area contributed by atoms with Crippen LogP contribution in [-0.4, -0.2) is 29.7 Å².